The largest absolute Gasteiger partial charge is 0.493 e. The molecule has 0 amide bonds. The van der Waals surface area contributed by atoms with Crippen molar-refractivity contribution in [2.75, 3.05) is 26.6 Å². The van der Waals surface area contributed by atoms with Gasteiger partial charge in [-0.3, -0.25) is 4.79 Å². The number of rotatable bonds is 7. The summed E-state index contributed by atoms with van der Waals surface area (Å²) in [7, 11) is 3.12. The van der Waals surface area contributed by atoms with E-state index in [1.807, 2.05) is 0 Å². The van der Waals surface area contributed by atoms with Crippen LogP contribution >= 0.6 is 11.8 Å². The van der Waals surface area contributed by atoms with Gasteiger partial charge in [-0.05, 0) is 25.1 Å². The van der Waals surface area contributed by atoms with E-state index in [9.17, 15) is 4.79 Å². The Kier molecular flexibility index (Phi) is 5.65. The Labute approximate surface area is 132 Å². The molecule has 1 heterocycles. The molecule has 0 fully saturated rings. The van der Waals surface area contributed by atoms with Crippen LogP contribution in [0.5, 0.6) is 11.5 Å². The second-order valence-electron chi connectivity index (χ2n) is 4.04. The van der Waals surface area contributed by atoms with Gasteiger partial charge in [0.05, 0.1) is 20.8 Å². The van der Waals surface area contributed by atoms with Gasteiger partial charge in [0.1, 0.15) is 5.75 Å². The van der Waals surface area contributed by atoms with Crippen molar-refractivity contribution in [1.29, 1.82) is 0 Å². The minimum absolute atomic E-state index is 0.126. The van der Waals surface area contributed by atoms with Gasteiger partial charge in [-0.2, -0.15) is 0 Å². The molecule has 0 spiro atoms. The predicted molar refractivity (Wildman–Crippen MR) is 80.2 cm³/mol. The van der Waals surface area contributed by atoms with E-state index in [-0.39, 0.29) is 11.7 Å². The summed E-state index contributed by atoms with van der Waals surface area (Å²) in [6, 6.07) is 5.28. The number of carbonyl (C=O) groups is 1. The molecule has 7 nitrogen and oxygen atoms in total. The van der Waals surface area contributed by atoms with Crippen LogP contribution in [-0.2, 0) is 9.53 Å². The highest BCUT2D eigenvalue weighted by Crippen LogP contribution is 2.32. The first-order valence-corrected chi connectivity index (χ1v) is 7.50. The first-order valence-electron chi connectivity index (χ1n) is 6.52. The Morgan fingerprint density at radius 2 is 2.00 bits per heavy atom. The molecule has 2 aromatic rings. The first kappa shape index (κ1) is 16.2. The lowest BCUT2D eigenvalue weighted by Gasteiger charge is -2.07. The first-order chi connectivity index (χ1) is 10.7. The van der Waals surface area contributed by atoms with E-state index < -0.39 is 0 Å². The van der Waals surface area contributed by atoms with E-state index in [0.717, 1.165) is 11.8 Å². The number of nitrogens with zero attached hydrogens (tertiary/aromatic N) is 2. The van der Waals surface area contributed by atoms with Crippen LogP contribution in [0.15, 0.2) is 27.8 Å². The second kappa shape index (κ2) is 7.69. The number of benzene rings is 1. The van der Waals surface area contributed by atoms with Crippen molar-refractivity contribution in [3.63, 3.8) is 0 Å². The number of thioether (sulfide) groups is 1. The number of hydrogen-bond donors (Lipinski definition) is 0. The molecule has 22 heavy (non-hydrogen) atoms. The van der Waals surface area contributed by atoms with Crippen molar-refractivity contribution in [3.8, 4) is 23.0 Å². The SMILES string of the molecule is CCOC(=O)CSc1nnc(-c2ccc(OC)c(OC)c2)o1. The van der Waals surface area contributed by atoms with E-state index in [2.05, 4.69) is 10.2 Å². The summed E-state index contributed by atoms with van der Waals surface area (Å²) in [6.45, 7) is 2.10. The average Bonchev–Trinajstić information content (AvgIpc) is 3.01. The van der Waals surface area contributed by atoms with Crippen LogP contribution in [0.3, 0.4) is 0 Å². The highest BCUT2D eigenvalue weighted by atomic mass is 32.2. The van der Waals surface area contributed by atoms with Crippen LogP contribution in [0.2, 0.25) is 0 Å². The summed E-state index contributed by atoms with van der Waals surface area (Å²) >= 11 is 1.13. The molecule has 1 aromatic carbocycles. The Morgan fingerprint density at radius 1 is 1.23 bits per heavy atom. The van der Waals surface area contributed by atoms with Gasteiger partial charge in [0.25, 0.3) is 5.22 Å². The minimum Gasteiger partial charge on any atom is -0.493 e. The molecule has 118 valence electrons. The van der Waals surface area contributed by atoms with Gasteiger partial charge >= 0.3 is 5.97 Å². The molecule has 0 aliphatic rings. The summed E-state index contributed by atoms with van der Waals surface area (Å²) < 4.78 is 20.7. The Hall–Kier alpha value is -2.22. The number of hydrogen-bond acceptors (Lipinski definition) is 8. The van der Waals surface area contributed by atoms with Gasteiger partial charge in [0, 0.05) is 5.56 Å². The van der Waals surface area contributed by atoms with Crippen molar-refractivity contribution in [1.82, 2.24) is 10.2 Å². The lowest BCUT2D eigenvalue weighted by atomic mass is 10.2. The Balaban J connectivity index is 2.09. The maximum absolute atomic E-state index is 11.3. The fourth-order valence-corrected chi connectivity index (χ4v) is 2.24. The predicted octanol–water partition coefficient (Wildman–Crippen LogP) is 2.41. The number of esters is 1. The van der Waals surface area contributed by atoms with Crippen molar-refractivity contribution >= 4 is 17.7 Å². The molecule has 0 unspecified atom stereocenters. The number of carbonyl (C=O) groups excluding carboxylic acids is 1. The molecular formula is C14H16N2O5S. The molecule has 0 atom stereocenters. The Morgan fingerprint density at radius 3 is 2.68 bits per heavy atom. The van der Waals surface area contributed by atoms with Gasteiger partial charge in [0.15, 0.2) is 11.5 Å². The lowest BCUT2D eigenvalue weighted by Crippen LogP contribution is -2.06. The highest BCUT2D eigenvalue weighted by Gasteiger charge is 2.13. The number of aromatic nitrogens is 2. The molecule has 0 N–H and O–H groups in total. The monoisotopic (exact) mass is 324 g/mol. The summed E-state index contributed by atoms with van der Waals surface area (Å²) in [6.07, 6.45) is 0. The highest BCUT2D eigenvalue weighted by molar-refractivity contribution is 7.99. The number of methoxy groups -OCH3 is 2. The van der Waals surface area contributed by atoms with Crippen molar-refractivity contribution in [2.45, 2.75) is 12.1 Å². The smallest absolute Gasteiger partial charge is 0.316 e. The molecule has 0 aliphatic carbocycles. The zero-order valence-electron chi connectivity index (χ0n) is 12.5. The lowest BCUT2D eigenvalue weighted by molar-refractivity contribution is -0.139. The molecule has 0 radical (unpaired) electrons. The molecule has 0 saturated carbocycles. The van der Waals surface area contributed by atoms with Gasteiger partial charge in [-0.15, -0.1) is 10.2 Å². The average molecular weight is 324 g/mol. The van der Waals surface area contributed by atoms with Gasteiger partial charge in [0.2, 0.25) is 5.89 Å². The van der Waals surface area contributed by atoms with E-state index >= 15 is 0 Å². The van der Waals surface area contributed by atoms with Crippen molar-refractivity contribution in [2.24, 2.45) is 0 Å². The Bertz CT molecular complexity index is 644. The van der Waals surface area contributed by atoms with E-state index in [1.165, 1.54) is 0 Å². The second-order valence-corrected chi connectivity index (χ2v) is 4.96. The quantitative estimate of drug-likeness (QED) is 0.567. The van der Waals surface area contributed by atoms with Crippen LogP contribution in [0.1, 0.15) is 6.92 Å². The fourth-order valence-electron chi connectivity index (χ4n) is 1.68. The van der Waals surface area contributed by atoms with Crippen LogP contribution in [0, 0.1) is 0 Å². The van der Waals surface area contributed by atoms with Crippen LogP contribution in [-0.4, -0.2) is 42.7 Å². The van der Waals surface area contributed by atoms with Crippen LogP contribution < -0.4 is 9.47 Å². The molecular weight excluding hydrogens is 308 g/mol. The van der Waals surface area contributed by atoms with Gasteiger partial charge in [-0.1, -0.05) is 11.8 Å². The van der Waals surface area contributed by atoms with E-state index in [1.54, 1.807) is 39.3 Å². The zero-order valence-corrected chi connectivity index (χ0v) is 13.3. The zero-order chi connectivity index (χ0) is 15.9. The third-order valence-electron chi connectivity index (χ3n) is 2.66. The van der Waals surface area contributed by atoms with Crippen molar-refractivity contribution < 1.29 is 23.4 Å². The molecule has 0 bridgehead atoms. The van der Waals surface area contributed by atoms with E-state index in [0.29, 0.717) is 34.8 Å². The molecule has 1 aromatic heterocycles. The summed E-state index contributed by atoms with van der Waals surface area (Å²) in [5.41, 5.74) is 0.702. The maximum atomic E-state index is 11.3. The maximum Gasteiger partial charge on any atom is 0.316 e. The summed E-state index contributed by atoms with van der Waals surface area (Å²) in [5.74, 6) is 1.33. The van der Waals surface area contributed by atoms with Crippen LogP contribution in [0.25, 0.3) is 11.5 Å². The van der Waals surface area contributed by atoms with Crippen molar-refractivity contribution in [3.05, 3.63) is 18.2 Å². The normalized spacial score (nSPS) is 10.3. The summed E-state index contributed by atoms with van der Waals surface area (Å²) in [5, 5.41) is 8.15. The molecule has 2 rings (SSSR count). The standard InChI is InChI=1S/C14H16N2O5S/c1-4-20-12(17)8-22-14-16-15-13(21-14)9-5-6-10(18-2)11(7-9)19-3/h5-7H,4,8H2,1-3H3. The molecule has 0 saturated heterocycles. The fraction of sp³-hybridized carbons (Fsp3) is 0.357. The van der Waals surface area contributed by atoms with Crippen LogP contribution in [0.4, 0.5) is 0 Å². The molecule has 8 heteroatoms. The minimum atomic E-state index is -0.321. The molecule has 0 aliphatic heterocycles. The third kappa shape index (κ3) is 3.91. The van der Waals surface area contributed by atoms with Gasteiger partial charge < -0.3 is 18.6 Å². The number of ether oxygens (including phenoxy) is 3. The van der Waals surface area contributed by atoms with Gasteiger partial charge in [-0.25, -0.2) is 0 Å². The third-order valence-corrected chi connectivity index (χ3v) is 3.45. The topological polar surface area (TPSA) is 83.7 Å². The summed E-state index contributed by atoms with van der Waals surface area (Å²) in [4.78, 5) is 11.3. The van der Waals surface area contributed by atoms with E-state index in [4.69, 9.17) is 18.6 Å².